The third-order valence-electron chi connectivity index (χ3n) is 2.30. The first-order chi connectivity index (χ1) is 9.65. The molecule has 0 aliphatic carbocycles. The van der Waals surface area contributed by atoms with Crippen LogP contribution in [0.15, 0.2) is 34.6 Å². The molecular weight excluding hydrogens is 258 g/mol. The summed E-state index contributed by atoms with van der Waals surface area (Å²) in [5, 5.41) is 20.2. The summed E-state index contributed by atoms with van der Waals surface area (Å²) in [5.41, 5.74) is 5.51. The van der Waals surface area contributed by atoms with E-state index in [1.807, 2.05) is 0 Å². The standard InChI is InChI=1S/C13H13N5O2/c1-19-9-3-4-13(20-2)11(5-9)17-8-18-12(7-15)10(16)6-14/h3-5,8H,16H2,1-2H3,(H,17,18). The largest absolute Gasteiger partial charge is 0.497 e. The van der Waals surface area contributed by atoms with Gasteiger partial charge in [0.2, 0.25) is 0 Å². The lowest BCUT2D eigenvalue weighted by Gasteiger charge is -2.09. The van der Waals surface area contributed by atoms with Crippen molar-refractivity contribution in [3.05, 3.63) is 29.6 Å². The van der Waals surface area contributed by atoms with Crippen LogP contribution in [0.3, 0.4) is 0 Å². The van der Waals surface area contributed by atoms with Gasteiger partial charge in [0, 0.05) is 6.07 Å². The Kier molecular flexibility index (Phi) is 5.42. The molecule has 3 N–H and O–H groups in total. The number of nitrogens with one attached hydrogen (secondary N) is 1. The summed E-state index contributed by atoms with van der Waals surface area (Å²) in [6.45, 7) is 0. The highest BCUT2D eigenvalue weighted by molar-refractivity contribution is 5.80. The molecule has 0 amide bonds. The van der Waals surface area contributed by atoms with Crippen LogP contribution in [-0.2, 0) is 0 Å². The Morgan fingerprint density at radius 3 is 2.60 bits per heavy atom. The molecule has 0 aliphatic rings. The molecule has 0 atom stereocenters. The number of aliphatic imine (C=N–C) groups is 1. The maximum Gasteiger partial charge on any atom is 0.175 e. The molecule has 1 rings (SSSR count). The molecule has 7 heteroatoms. The van der Waals surface area contributed by atoms with Crippen LogP contribution in [0.1, 0.15) is 0 Å². The van der Waals surface area contributed by atoms with E-state index in [0.29, 0.717) is 17.2 Å². The summed E-state index contributed by atoms with van der Waals surface area (Å²) >= 11 is 0. The average molecular weight is 271 g/mol. The summed E-state index contributed by atoms with van der Waals surface area (Å²) in [6.07, 6.45) is 1.25. The minimum absolute atomic E-state index is 0.165. The van der Waals surface area contributed by atoms with Gasteiger partial charge in [0.1, 0.15) is 29.3 Å². The van der Waals surface area contributed by atoms with E-state index >= 15 is 0 Å². The Labute approximate surface area is 116 Å². The lowest BCUT2D eigenvalue weighted by Crippen LogP contribution is -2.01. The zero-order valence-corrected chi connectivity index (χ0v) is 11.0. The SMILES string of the molecule is COc1ccc(OC)c(NC=NC(C#N)=C(N)C#N)c1. The van der Waals surface area contributed by atoms with Gasteiger partial charge in [-0.2, -0.15) is 10.5 Å². The number of ether oxygens (including phenoxy) is 2. The smallest absolute Gasteiger partial charge is 0.175 e. The van der Waals surface area contributed by atoms with Crippen LogP contribution < -0.4 is 20.5 Å². The first kappa shape index (κ1) is 14.9. The third-order valence-corrected chi connectivity index (χ3v) is 2.30. The predicted octanol–water partition coefficient (Wildman–Crippen LogP) is 1.36. The molecule has 0 saturated carbocycles. The number of nitrogens with two attached hydrogens (primary N) is 1. The molecule has 0 aromatic heterocycles. The van der Waals surface area contributed by atoms with Crippen molar-refractivity contribution in [2.24, 2.45) is 10.7 Å². The molecule has 7 nitrogen and oxygen atoms in total. The van der Waals surface area contributed by atoms with Gasteiger partial charge < -0.3 is 20.5 Å². The molecule has 0 saturated heterocycles. The Hall–Kier alpha value is -3.19. The minimum Gasteiger partial charge on any atom is -0.497 e. The number of benzene rings is 1. The normalized spacial score (nSPS) is 11.2. The number of hydrogen-bond acceptors (Lipinski definition) is 6. The summed E-state index contributed by atoms with van der Waals surface area (Å²) in [5.74, 6) is 1.21. The number of nitriles is 2. The van der Waals surface area contributed by atoms with E-state index in [1.54, 1.807) is 37.4 Å². The quantitative estimate of drug-likeness (QED) is 0.474. The molecule has 102 valence electrons. The fourth-order valence-corrected chi connectivity index (χ4v) is 1.30. The van der Waals surface area contributed by atoms with E-state index in [0.717, 1.165) is 0 Å². The van der Waals surface area contributed by atoms with Gasteiger partial charge in [0.15, 0.2) is 5.70 Å². The zero-order chi connectivity index (χ0) is 15.0. The molecule has 0 fully saturated rings. The van der Waals surface area contributed by atoms with Crippen LogP contribution in [0.2, 0.25) is 0 Å². The monoisotopic (exact) mass is 271 g/mol. The van der Waals surface area contributed by atoms with Crippen LogP contribution in [0.5, 0.6) is 11.5 Å². The van der Waals surface area contributed by atoms with Gasteiger partial charge >= 0.3 is 0 Å². The van der Waals surface area contributed by atoms with Crippen molar-refractivity contribution in [3.8, 4) is 23.6 Å². The summed E-state index contributed by atoms with van der Waals surface area (Å²) in [4.78, 5) is 3.78. The van der Waals surface area contributed by atoms with Crippen molar-refractivity contribution in [1.82, 2.24) is 0 Å². The minimum atomic E-state index is -0.247. The van der Waals surface area contributed by atoms with E-state index in [2.05, 4.69) is 10.3 Å². The van der Waals surface area contributed by atoms with Crippen molar-refractivity contribution in [2.75, 3.05) is 19.5 Å². The van der Waals surface area contributed by atoms with Gasteiger partial charge in [0.05, 0.1) is 26.2 Å². The Morgan fingerprint density at radius 2 is 2.05 bits per heavy atom. The second kappa shape index (κ2) is 7.29. The van der Waals surface area contributed by atoms with Crippen LogP contribution in [0.25, 0.3) is 0 Å². The van der Waals surface area contributed by atoms with E-state index in [-0.39, 0.29) is 11.4 Å². The number of hydrogen-bond donors (Lipinski definition) is 2. The summed E-state index contributed by atoms with van der Waals surface area (Å²) in [7, 11) is 3.07. The zero-order valence-electron chi connectivity index (χ0n) is 11.0. The van der Waals surface area contributed by atoms with E-state index in [1.165, 1.54) is 13.4 Å². The first-order valence-electron chi connectivity index (χ1n) is 5.47. The van der Waals surface area contributed by atoms with Crippen molar-refractivity contribution in [2.45, 2.75) is 0 Å². The summed E-state index contributed by atoms with van der Waals surface area (Å²) in [6, 6.07) is 8.55. The Balaban J connectivity index is 2.95. The van der Waals surface area contributed by atoms with Gasteiger partial charge in [-0.25, -0.2) is 4.99 Å². The first-order valence-corrected chi connectivity index (χ1v) is 5.47. The Morgan fingerprint density at radius 1 is 1.30 bits per heavy atom. The number of anilines is 1. The highest BCUT2D eigenvalue weighted by Crippen LogP contribution is 2.28. The van der Waals surface area contributed by atoms with Crippen molar-refractivity contribution in [1.29, 1.82) is 10.5 Å². The van der Waals surface area contributed by atoms with Crippen LogP contribution in [-0.4, -0.2) is 20.6 Å². The van der Waals surface area contributed by atoms with Crippen LogP contribution in [0.4, 0.5) is 5.69 Å². The molecule has 0 aliphatic heterocycles. The maximum atomic E-state index is 8.78. The van der Waals surface area contributed by atoms with Crippen LogP contribution in [0, 0.1) is 22.7 Å². The highest BCUT2D eigenvalue weighted by atomic mass is 16.5. The molecule has 0 unspecified atom stereocenters. The fraction of sp³-hybridized carbons (Fsp3) is 0.154. The second-order valence-electron chi connectivity index (χ2n) is 3.45. The molecule has 0 heterocycles. The highest BCUT2D eigenvalue weighted by Gasteiger charge is 2.04. The van der Waals surface area contributed by atoms with Crippen molar-refractivity contribution in [3.63, 3.8) is 0 Å². The second-order valence-corrected chi connectivity index (χ2v) is 3.45. The van der Waals surface area contributed by atoms with Crippen molar-refractivity contribution < 1.29 is 9.47 Å². The topological polar surface area (TPSA) is 116 Å². The fourth-order valence-electron chi connectivity index (χ4n) is 1.30. The third kappa shape index (κ3) is 3.65. The summed E-state index contributed by atoms with van der Waals surface area (Å²) < 4.78 is 10.3. The molecular formula is C13H13N5O2. The van der Waals surface area contributed by atoms with Gasteiger partial charge in [-0.3, -0.25) is 0 Å². The lowest BCUT2D eigenvalue weighted by molar-refractivity contribution is 0.405. The van der Waals surface area contributed by atoms with Gasteiger partial charge in [-0.05, 0) is 12.1 Å². The average Bonchev–Trinajstić information content (AvgIpc) is 2.50. The molecule has 1 aromatic rings. The lowest BCUT2D eigenvalue weighted by atomic mass is 10.2. The molecule has 20 heavy (non-hydrogen) atoms. The molecule has 1 aromatic carbocycles. The van der Waals surface area contributed by atoms with E-state index < -0.39 is 0 Å². The van der Waals surface area contributed by atoms with Gasteiger partial charge in [0.25, 0.3) is 0 Å². The number of methoxy groups -OCH3 is 2. The predicted molar refractivity (Wildman–Crippen MR) is 74.1 cm³/mol. The Bertz CT molecular complexity index is 623. The molecule has 0 bridgehead atoms. The van der Waals surface area contributed by atoms with E-state index in [9.17, 15) is 0 Å². The number of rotatable bonds is 5. The van der Waals surface area contributed by atoms with Gasteiger partial charge in [-0.1, -0.05) is 0 Å². The molecule has 0 spiro atoms. The molecule has 0 radical (unpaired) electrons. The number of nitrogens with zero attached hydrogens (tertiary/aromatic N) is 3. The number of allylic oxidation sites excluding steroid dienone is 2. The van der Waals surface area contributed by atoms with Crippen molar-refractivity contribution >= 4 is 12.0 Å². The van der Waals surface area contributed by atoms with Crippen LogP contribution >= 0.6 is 0 Å². The van der Waals surface area contributed by atoms with E-state index in [4.69, 9.17) is 25.7 Å². The van der Waals surface area contributed by atoms with Gasteiger partial charge in [-0.15, -0.1) is 0 Å². The maximum absolute atomic E-state index is 8.78.